The van der Waals surface area contributed by atoms with E-state index in [9.17, 15) is 0 Å². The molecule has 0 saturated carbocycles. The number of fused-ring (bicyclic) bond motifs is 1. The van der Waals surface area contributed by atoms with Gasteiger partial charge >= 0.3 is 0 Å². The molecule has 0 aliphatic rings. The van der Waals surface area contributed by atoms with Gasteiger partial charge in [-0.25, -0.2) is 0 Å². The predicted molar refractivity (Wildman–Crippen MR) is 73.9 cm³/mol. The van der Waals surface area contributed by atoms with Crippen molar-refractivity contribution in [2.45, 2.75) is 9.79 Å². The summed E-state index contributed by atoms with van der Waals surface area (Å²) in [7, 11) is 0. The van der Waals surface area contributed by atoms with Crippen molar-refractivity contribution in [3.05, 3.63) is 59.8 Å². The average Bonchev–Trinajstić information content (AvgIpc) is 2.81. The third-order valence-electron chi connectivity index (χ3n) is 2.61. The Morgan fingerprint density at radius 1 is 0.882 bits per heavy atom. The van der Waals surface area contributed by atoms with Crippen LogP contribution in [0.3, 0.4) is 0 Å². The number of rotatable bonds is 2. The molecule has 0 spiro atoms. The summed E-state index contributed by atoms with van der Waals surface area (Å²) in [6, 6.07) is 16.2. The van der Waals surface area contributed by atoms with Crippen LogP contribution in [0.15, 0.2) is 64.5 Å². The summed E-state index contributed by atoms with van der Waals surface area (Å²) < 4.78 is 0. The third kappa shape index (κ3) is 2.06. The molecule has 0 fully saturated rings. The van der Waals surface area contributed by atoms with Gasteiger partial charge in [0.25, 0.3) is 0 Å². The lowest BCUT2D eigenvalue weighted by Crippen LogP contribution is -1.76. The zero-order chi connectivity index (χ0) is 11.7. The summed E-state index contributed by atoms with van der Waals surface area (Å²) >= 11 is 7.87. The molecule has 84 valence electrons. The summed E-state index contributed by atoms with van der Waals surface area (Å²) in [4.78, 5) is 5.52. The molecular weight excluding hydrogens is 250 g/mol. The quantitative estimate of drug-likeness (QED) is 0.687. The average molecular weight is 260 g/mol. The van der Waals surface area contributed by atoms with Crippen LogP contribution in [0, 0.1) is 0 Å². The first-order valence-electron chi connectivity index (χ1n) is 5.33. The van der Waals surface area contributed by atoms with Crippen molar-refractivity contribution >= 4 is 34.3 Å². The fourth-order valence-corrected chi connectivity index (χ4v) is 3.03. The molecule has 1 aromatic heterocycles. The Morgan fingerprint density at radius 2 is 1.71 bits per heavy atom. The van der Waals surface area contributed by atoms with E-state index in [1.165, 1.54) is 10.3 Å². The number of aromatic nitrogens is 1. The van der Waals surface area contributed by atoms with E-state index in [1.54, 1.807) is 11.8 Å². The third-order valence-corrected chi connectivity index (χ3v) is 4.20. The zero-order valence-electron chi connectivity index (χ0n) is 8.98. The largest absolute Gasteiger partial charge is 0.361 e. The molecule has 0 aliphatic heterocycles. The normalized spacial score (nSPS) is 10.9. The summed E-state index contributed by atoms with van der Waals surface area (Å²) in [5.74, 6) is 0. The van der Waals surface area contributed by atoms with E-state index in [1.807, 2.05) is 30.5 Å². The molecule has 1 heterocycles. The fraction of sp³-hybridized carbons (Fsp3) is 0. The SMILES string of the molecule is Clc1ccccc1Sc1cccc2[nH]ccc12. The molecule has 3 rings (SSSR count). The first-order chi connectivity index (χ1) is 8.34. The van der Waals surface area contributed by atoms with Gasteiger partial charge in [0.1, 0.15) is 0 Å². The molecule has 17 heavy (non-hydrogen) atoms. The highest BCUT2D eigenvalue weighted by Gasteiger charge is 2.05. The van der Waals surface area contributed by atoms with Crippen LogP contribution in [0.2, 0.25) is 5.02 Å². The lowest BCUT2D eigenvalue weighted by Gasteiger charge is -2.05. The smallest absolute Gasteiger partial charge is 0.0545 e. The Balaban J connectivity index is 2.06. The molecule has 0 atom stereocenters. The molecule has 0 saturated heterocycles. The number of hydrogen-bond acceptors (Lipinski definition) is 1. The first kappa shape index (κ1) is 10.8. The standard InChI is InChI=1S/C14H10ClNS/c15-11-4-1-2-6-14(11)17-13-7-3-5-12-10(13)8-9-16-12/h1-9,16H. The van der Waals surface area contributed by atoms with Gasteiger partial charge in [-0.05, 0) is 30.3 Å². The van der Waals surface area contributed by atoms with Gasteiger partial charge in [-0.2, -0.15) is 0 Å². The number of nitrogens with one attached hydrogen (secondary N) is 1. The number of benzene rings is 2. The van der Waals surface area contributed by atoms with Crippen molar-refractivity contribution in [2.24, 2.45) is 0 Å². The Hall–Kier alpha value is -1.38. The summed E-state index contributed by atoms with van der Waals surface area (Å²) in [5.41, 5.74) is 1.15. The molecule has 3 aromatic rings. The van der Waals surface area contributed by atoms with Crippen molar-refractivity contribution in [3.8, 4) is 0 Å². The van der Waals surface area contributed by atoms with Crippen LogP contribution in [0.4, 0.5) is 0 Å². The van der Waals surface area contributed by atoms with Gasteiger partial charge in [0.15, 0.2) is 0 Å². The van der Waals surface area contributed by atoms with Crippen molar-refractivity contribution < 1.29 is 0 Å². The van der Waals surface area contributed by atoms with Gasteiger partial charge in [-0.3, -0.25) is 0 Å². The highest BCUT2D eigenvalue weighted by atomic mass is 35.5. The number of aromatic amines is 1. The molecule has 0 unspecified atom stereocenters. The Kier molecular flexibility index (Phi) is 2.83. The van der Waals surface area contributed by atoms with Crippen molar-refractivity contribution in [3.63, 3.8) is 0 Å². The maximum atomic E-state index is 6.17. The van der Waals surface area contributed by atoms with E-state index in [0.29, 0.717) is 0 Å². The molecule has 0 amide bonds. The second kappa shape index (κ2) is 4.47. The zero-order valence-corrected chi connectivity index (χ0v) is 10.6. The maximum Gasteiger partial charge on any atom is 0.0545 e. The van der Waals surface area contributed by atoms with E-state index in [0.717, 1.165) is 15.4 Å². The molecule has 1 nitrogen and oxygen atoms in total. The summed E-state index contributed by atoms with van der Waals surface area (Å²) in [5, 5.41) is 2.03. The van der Waals surface area contributed by atoms with Crippen LogP contribution in [-0.2, 0) is 0 Å². The van der Waals surface area contributed by atoms with E-state index in [2.05, 4.69) is 29.2 Å². The van der Waals surface area contributed by atoms with Crippen LogP contribution in [-0.4, -0.2) is 4.98 Å². The van der Waals surface area contributed by atoms with Crippen molar-refractivity contribution in [1.29, 1.82) is 0 Å². The molecule has 0 bridgehead atoms. The van der Waals surface area contributed by atoms with Gasteiger partial charge < -0.3 is 4.98 Å². The minimum absolute atomic E-state index is 0.796. The topological polar surface area (TPSA) is 15.8 Å². The van der Waals surface area contributed by atoms with Gasteiger partial charge in [0, 0.05) is 26.9 Å². The van der Waals surface area contributed by atoms with Crippen LogP contribution < -0.4 is 0 Å². The lowest BCUT2D eigenvalue weighted by molar-refractivity contribution is 1.43. The Morgan fingerprint density at radius 3 is 2.59 bits per heavy atom. The summed E-state index contributed by atoms with van der Waals surface area (Å²) in [6.07, 6.45) is 1.96. The van der Waals surface area contributed by atoms with E-state index < -0.39 is 0 Å². The number of H-pyrrole nitrogens is 1. The molecule has 0 aliphatic carbocycles. The number of halogens is 1. The second-order valence-electron chi connectivity index (χ2n) is 3.73. The van der Waals surface area contributed by atoms with E-state index >= 15 is 0 Å². The second-order valence-corrected chi connectivity index (χ2v) is 5.22. The van der Waals surface area contributed by atoms with Gasteiger partial charge in [0.05, 0.1) is 5.02 Å². The van der Waals surface area contributed by atoms with Crippen LogP contribution in [0.1, 0.15) is 0 Å². The highest BCUT2D eigenvalue weighted by Crippen LogP contribution is 2.36. The monoisotopic (exact) mass is 259 g/mol. The van der Waals surface area contributed by atoms with E-state index in [-0.39, 0.29) is 0 Å². The number of hydrogen-bond donors (Lipinski definition) is 1. The maximum absolute atomic E-state index is 6.17. The Bertz CT molecular complexity index is 660. The van der Waals surface area contributed by atoms with Crippen molar-refractivity contribution in [1.82, 2.24) is 4.98 Å². The molecule has 0 radical (unpaired) electrons. The molecular formula is C14H10ClNS. The fourth-order valence-electron chi connectivity index (χ4n) is 1.79. The van der Waals surface area contributed by atoms with Gasteiger partial charge in [-0.15, -0.1) is 0 Å². The predicted octanol–water partition coefficient (Wildman–Crippen LogP) is 4.97. The van der Waals surface area contributed by atoms with Crippen LogP contribution in [0.25, 0.3) is 10.9 Å². The van der Waals surface area contributed by atoms with Crippen molar-refractivity contribution in [2.75, 3.05) is 0 Å². The minimum Gasteiger partial charge on any atom is -0.361 e. The van der Waals surface area contributed by atoms with E-state index in [4.69, 9.17) is 11.6 Å². The molecule has 1 N–H and O–H groups in total. The molecule has 3 heteroatoms. The highest BCUT2D eigenvalue weighted by molar-refractivity contribution is 7.99. The first-order valence-corrected chi connectivity index (χ1v) is 6.52. The lowest BCUT2D eigenvalue weighted by atomic mass is 10.2. The summed E-state index contributed by atoms with van der Waals surface area (Å²) in [6.45, 7) is 0. The minimum atomic E-state index is 0.796. The molecule has 2 aromatic carbocycles. The van der Waals surface area contributed by atoms with Gasteiger partial charge in [-0.1, -0.05) is 41.6 Å². The van der Waals surface area contributed by atoms with Crippen LogP contribution in [0.5, 0.6) is 0 Å². The van der Waals surface area contributed by atoms with Gasteiger partial charge in [0.2, 0.25) is 0 Å². The van der Waals surface area contributed by atoms with Crippen LogP contribution >= 0.6 is 23.4 Å². The Labute approximate surface area is 109 Å².